The van der Waals surface area contributed by atoms with Gasteiger partial charge in [-0.1, -0.05) is 0 Å². The summed E-state index contributed by atoms with van der Waals surface area (Å²) in [6.07, 6.45) is 1.97. The minimum Gasteiger partial charge on any atom is -0.478 e. The maximum atomic E-state index is 14.3. The van der Waals surface area contributed by atoms with Gasteiger partial charge in [-0.2, -0.15) is 5.26 Å². The summed E-state index contributed by atoms with van der Waals surface area (Å²) in [6, 6.07) is 10.9. The Hall–Kier alpha value is -3.31. The molecule has 2 aliphatic rings. The molecule has 6 nitrogen and oxygen atoms in total. The fourth-order valence-corrected chi connectivity index (χ4v) is 4.41. The van der Waals surface area contributed by atoms with Gasteiger partial charge in [-0.25, -0.2) is 9.18 Å². The van der Waals surface area contributed by atoms with Gasteiger partial charge in [-0.3, -0.25) is 9.69 Å². The monoisotopic (exact) mass is 409 g/mol. The summed E-state index contributed by atoms with van der Waals surface area (Å²) < 4.78 is 14.3. The second-order valence-electron chi connectivity index (χ2n) is 7.22. The van der Waals surface area contributed by atoms with Crippen LogP contribution in [0.15, 0.2) is 36.4 Å². The topological polar surface area (TPSA) is 84.6 Å². The van der Waals surface area contributed by atoms with Gasteiger partial charge in [0.05, 0.1) is 22.9 Å². The number of aryl methyl sites for hydroxylation is 1. The number of nitrogens with zero attached hydrogens (tertiary/aromatic N) is 3. The summed E-state index contributed by atoms with van der Waals surface area (Å²) in [5, 5.41) is 18.4. The Morgan fingerprint density at radius 1 is 1.24 bits per heavy atom. The summed E-state index contributed by atoms with van der Waals surface area (Å²) in [5.74, 6) is -2.44. The lowest BCUT2D eigenvalue weighted by Gasteiger charge is -2.43. The van der Waals surface area contributed by atoms with Crippen molar-refractivity contribution in [3.63, 3.8) is 0 Å². The molecule has 1 amide bonds. The van der Waals surface area contributed by atoms with Gasteiger partial charge in [0.2, 0.25) is 0 Å². The smallest absolute Gasteiger partial charge is 0.338 e. The minimum atomic E-state index is -1.36. The van der Waals surface area contributed by atoms with Crippen molar-refractivity contribution in [3.05, 3.63) is 58.9 Å². The van der Waals surface area contributed by atoms with E-state index in [0.29, 0.717) is 29.8 Å². The Morgan fingerprint density at radius 2 is 1.93 bits per heavy atom. The molecule has 1 heterocycles. The third-order valence-electron chi connectivity index (χ3n) is 5.62. The van der Waals surface area contributed by atoms with E-state index in [1.54, 1.807) is 30.0 Å². The van der Waals surface area contributed by atoms with Gasteiger partial charge in [0.25, 0.3) is 5.91 Å². The van der Waals surface area contributed by atoms with Gasteiger partial charge >= 0.3 is 5.97 Å². The first kappa shape index (κ1) is 19.0. The van der Waals surface area contributed by atoms with Crippen LogP contribution in [0.4, 0.5) is 15.8 Å². The number of rotatable bonds is 3. The first-order valence-electron chi connectivity index (χ1n) is 9.02. The Labute approximate surface area is 171 Å². The molecular formula is C21H16FN3O3S. The summed E-state index contributed by atoms with van der Waals surface area (Å²) in [6.45, 7) is 1.78. The predicted molar refractivity (Wildman–Crippen MR) is 108 cm³/mol. The molecule has 146 valence electrons. The number of aromatic carboxylic acids is 1. The summed E-state index contributed by atoms with van der Waals surface area (Å²) in [5.41, 5.74) is 0.793. The van der Waals surface area contributed by atoms with Crippen LogP contribution in [0.5, 0.6) is 0 Å². The molecule has 0 unspecified atom stereocenters. The largest absolute Gasteiger partial charge is 0.478 e. The Morgan fingerprint density at radius 3 is 2.45 bits per heavy atom. The number of amides is 1. The number of carboxylic acids is 1. The average Bonchev–Trinajstić information content (AvgIpc) is 2.88. The van der Waals surface area contributed by atoms with Crippen LogP contribution in [0, 0.1) is 24.1 Å². The van der Waals surface area contributed by atoms with E-state index in [1.807, 2.05) is 0 Å². The van der Waals surface area contributed by atoms with Crippen molar-refractivity contribution < 1.29 is 19.1 Å². The minimum absolute atomic E-state index is 0.194. The predicted octanol–water partition coefficient (Wildman–Crippen LogP) is 3.76. The highest BCUT2D eigenvalue weighted by Crippen LogP contribution is 2.48. The standard InChI is InChI=1S/C21H16FN3O3S/c1-12-9-14(4-3-13(12)11-23)24-19(28)21(7-2-8-21)25(20(24)29)15-5-6-16(18(26)27)17(22)10-15/h3-6,9-10H,2,7-8H2,1H3,(H,26,27). The molecule has 8 heteroatoms. The van der Waals surface area contributed by atoms with Crippen LogP contribution in [0.1, 0.15) is 40.7 Å². The Bertz CT molecular complexity index is 1120. The zero-order chi connectivity index (χ0) is 20.9. The fourth-order valence-electron chi connectivity index (χ4n) is 3.94. The molecule has 1 aliphatic carbocycles. The summed E-state index contributed by atoms with van der Waals surface area (Å²) in [7, 11) is 0. The molecule has 2 aromatic rings. The highest BCUT2D eigenvalue weighted by atomic mass is 32.1. The number of thiocarbonyl (C=S) groups is 1. The molecule has 2 aromatic carbocycles. The zero-order valence-corrected chi connectivity index (χ0v) is 16.3. The van der Waals surface area contributed by atoms with Crippen LogP contribution >= 0.6 is 12.2 Å². The maximum absolute atomic E-state index is 14.3. The number of benzene rings is 2. The van der Waals surface area contributed by atoms with Crippen LogP contribution in [0.2, 0.25) is 0 Å². The molecule has 0 aromatic heterocycles. The van der Waals surface area contributed by atoms with Gasteiger partial charge in [-0.05, 0) is 80.4 Å². The van der Waals surface area contributed by atoms with Crippen LogP contribution in [0.3, 0.4) is 0 Å². The first-order valence-corrected chi connectivity index (χ1v) is 9.43. The van der Waals surface area contributed by atoms with Crippen LogP contribution in [-0.4, -0.2) is 27.6 Å². The number of hydrogen-bond donors (Lipinski definition) is 1. The van der Waals surface area contributed by atoms with Crippen molar-refractivity contribution in [1.82, 2.24) is 0 Å². The highest BCUT2D eigenvalue weighted by molar-refractivity contribution is 7.81. The van der Waals surface area contributed by atoms with Gasteiger partial charge < -0.3 is 10.0 Å². The molecule has 2 fully saturated rings. The molecular weight excluding hydrogens is 393 g/mol. The fraction of sp³-hybridized carbons (Fsp3) is 0.238. The van der Waals surface area contributed by atoms with Gasteiger partial charge in [0.1, 0.15) is 11.4 Å². The van der Waals surface area contributed by atoms with Crippen molar-refractivity contribution in [3.8, 4) is 6.07 Å². The molecule has 0 bridgehead atoms. The Kier molecular flexibility index (Phi) is 4.35. The number of anilines is 2. The van der Waals surface area contributed by atoms with Crippen molar-refractivity contribution in [1.29, 1.82) is 5.26 Å². The van der Waals surface area contributed by atoms with E-state index in [1.165, 1.54) is 17.0 Å². The molecule has 1 saturated carbocycles. The molecule has 1 aliphatic heterocycles. The maximum Gasteiger partial charge on any atom is 0.338 e. The normalized spacial score (nSPS) is 17.4. The highest BCUT2D eigenvalue weighted by Gasteiger charge is 2.59. The molecule has 1 N–H and O–H groups in total. The molecule has 29 heavy (non-hydrogen) atoms. The third kappa shape index (κ3) is 2.69. The van der Waals surface area contributed by atoms with Gasteiger partial charge in [-0.15, -0.1) is 0 Å². The van der Waals surface area contributed by atoms with Crippen molar-refractivity contribution in [2.45, 2.75) is 31.7 Å². The SMILES string of the molecule is Cc1cc(N2C(=O)C3(CCC3)N(c3ccc(C(=O)O)c(F)c3)C2=S)ccc1C#N. The number of carboxylic acid groups (broad SMARTS) is 1. The second kappa shape index (κ2) is 6.64. The van der Waals surface area contributed by atoms with E-state index in [9.17, 15) is 14.0 Å². The molecule has 0 atom stereocenters. The van der Waals surface area contributed by atoms with E-state index in [0.717, 1.165) is 18.1 Å². The van der Waals surface area contributed by atoms with Crippen molar-refractivity contribution >= 4 is 40.6 Å². The Balaban J connectivity index is 1.80. The molecule has 0 radical (unpaired) electrons. The summed E-state index contributed by atoms with van der Waals surface area (Å²) >= 11 is 5.61. The lowest BCUT2D eigenvalue weighted by Crippen LogP contribution is -2.55. The quantitative estimate of drug-likeness (QED) is 0.777. The number of hydrogen-bond acceptors (Lipinski definition) is 4. The van der Waals surface area contributed by atoms with Crippen molar-refractivity contribution in [2.75, 3.05) is 9.80 Å². The van der Waals surface area contributed by atoms with E-state index in [-0.39, 0.29) is 11.0 Å². The van der Waals surface area contributed by atoms with E-state index < -0.39 is 22.9 Å². The van der Waals surface area contributed by atoms with Crippen LogP contribution in [-0.2, 0) is 4.79 Å². The number of nitriles is 1. The molecule has 1 spiro atoms. The van der Waals surface area contributed by atoms with Gasteiger partial charge in [0.15, 0.2) is 5.11 Å². The first-order chi connectivity index (χ1) is 13.8. The van der Waals surface area contributed by atoms with Gasteiger partial charge in [0, 0.05) is 5.69 Å². The van der Waals surface area contributed by atoms with Crippen molar-refractivity contribution in [2.24, 2.45) is 0 Å². The summed E-state index contributed by atoms with van der Waals surface area (Å²) in [4.78, 5) is 27.6. The van der Waals surface area contributed by atoms with E-state index >= 15 is 0 Å². The van der Waals surface area contributed by atoms with Crippen LogP contribution in [0.25, 0.3) is 0 Å². The molecule has 1 saturated heterocycles. The third-order valence-corrected chi connectivity index (χ3v) is 5.99. The van der Waals surface area contributed by atoms with E-state index in [2.05, 4.69) is 6.07 Å². The zero-order valence-electron chi connectivity index (χ0n) is 15.5. The number of carbonyl (C=O) groups is 2. The lowest BCUT2D eigenvalue weighted by atomic mass is 9.75. The van der Waals surface area contributed by atoms with Crippen LogP contribution < -0.4 is 9.80 Å². The number of halogens is 1. The second-order valence-corrected chi connectivity index (χ2v) is 7.59. The molecule has 4 rings (SSSR count). The lowest BCUT2D eigenvalue weighted by molar-refractivity contribution is -0.123. The van der Waals surface area contributed by atoms with E-state index in [4.69, 9.17) is 22.6 Å². The average molecular weight is 409 g/mol. The number of carbonyl (C=O) groups excluding carboxylic acids is 1.